The van der Waals surface area contributed by atoms with Crippen molar-refractivity contribution in [3.05, 3.63) is 70.5 Å². The van der Waals surface area contributed by atoms with Crippen molar-refractivity contribution in [3.63, 3.8) is 0 Å². The number of hydrogen-bond donors (Lipinski definition) is 2. The van der Waals surface area contributed by atoms with Crippen molar-refractivity contribution in [3.8, 4) is 5.69 Å². The van der Waals surface area contributed by atoms with Gasteiger partial charge in [-0.3, -0.25) is 4.57 Å². The van der Waals surface area contributed by atoms with Crippen molar-refractivity contribution in [2.75, 3.05) is 18.0 Å². The number of anilines is 1. The molecule has 4 rings (SSSR count). The van der Waals surface area contributed by atoms with Crippen molar-refractivity contribution in [1.82, 2.24) is 20.1 Å². The molecule has 0 spiro atoms. The third-order valence-electron chi connectivity index (χ3n) is 7.84. The molecular weight excluding hydrogens is 518 g/mol. The second-order valence-electron chi connectivity index (χ2n) is 11.4. The molecule has 0 radical (unpaired) electrons. The van der Waals surface area contributed by atoms with E-state index in [4.69, 9.17) is 16.0 Å². The van der Waals surface area contributed by atoms with Crippen LogP contribution in [0.2, 0.25) is 23.2 Å². The molecule has 2 heterocycles. The van der Waals surface area contributed by atoms with E-state index in [0.717, 1.165) is 37.2 Å². The predicted molar refractivity (Wildman–Crippen MR) is 154 cm³/mol. The maximum absolute atomic E-state index is 11.3. The lowest BCUT2D eigenvalue weighted by Crippen LogP contribution is -2.40. The van der Waals surface area contributed by atoms with Gasteiger partial charge in [0.1, 0.15) is 0 Å². The molecule has 204 valence electrons. The summed E-state index contributed by atoms with van der Waals surface area (Å²) in [5.41, 5.74) is 3.13. The molecule has 0 saturated carbocycles. The highest BCUT2D eigenvalue weighted by molar-refractivity contribution is 6.74. The summed E-state index contributed by atoms with van der Waals surface area (Å²) in [5.74, 6) is 1.72. The molecule has 8 nitrogen and oxygen atoms in total. The summed E-state index contributed by atoms with van der Waals surface area (Å²) in [6.07, 6.45) is 0.894. The van der Waals surface area contributed by atoms with Gasteiger partial charge in [0.2, 0.25) is 5.95 Å². The van der Waals surface area contributed by atoms with Gasteiger partial charge in [0, 0.05) is 23.7 Å². The lowest BCUT2D eigenvalue weighted by molar-refractivity contribution is 0.193. The molecule has 0 bridgehead atoms. The van der Waals surface area contributed by atoms with Gasteiger partial charge in [-0.05, 0) is 60.7 Å². The standard InChI is InChI=1S/C28H38ClN5O3Si/c1-28(2,3)38(4,5)37-19-22-17-23(29)11-12-24(22)34-25(18-30-27(35)36)31-32-26(34)33-15-13-21(14-16-33)20-9-7-6-8-10-20/h6-12,17,21,30H,13-16,18-19H2,1-5H3,(H,35,36). The lowest BCUT2D eigenvalue weighted by Gasteiger charge is -2.36. The molecule has 1 saturated heterocycles. The Morgan fingerprint density at radius 1 is 1.13 bits per heavy atom. The zero-order chi connectivity index (χ0) is 27.5. The molecule has 2 N–H and O–H groups in total. The second-order valence-corrected chi connectivity index (χ2v) is 16.7. The molecule has 1 aromatic heterocycles. The number of nitrogens with zero attached hydrogens (tertiary/aromatic N) is 4. The van der Waals surface area contributed by atoms with Crippen LogP contribution in [0.1, 0.15) is 56.5 Å². The van der Waals surface area contributed by atoms with E-state index >= 15 is 0 Å². The van der Waals surface area contributed by atoms with Crippen LogP contribution >= 0.6 is 11.6 Å². The van der Waals surface area contributed by atoms with Gasteiger partial charge in [0.15, 0.2) is 14.1 Å². The molecule has 10 heteroatoms. The van der Waals surface area contributed by atoms with Crippen LogP contribution in [0.4, 0.5) is 10.7 Å². The van der Waals surface area contributed by atoms with Crippen LogP contribution < -0.4 is 10.2 Å². The van der Waals surface area contributed by atoms with Gasteiger partial charge >= 0.3 is 6.09 Å². The summed E-state index contributed by atoms with van der Waals surface area (Å²) in [5, 5.41) is 21.3. The molecule has 2 aromatic carbocycles. The summed E-state index contributed by atoms with van der Waals surface area (Å²) in [6, 6.07) is 16.3. The number of rotatable bonds is 8. The van der Waals surface area contributed by atoms with E-state index in [1.807, 2.05) is 28.8 Å². The van der Waals surface area contributed by atoms with E-state index in [-0.39, 0.29) is 11.6 Å². The van der Waals surface area contributed by atoms with Gasteiger partial charge in [0.05, 0.1) is 18.8 Å². The first-order valence-corrected chi connectivity index (χ1v) is 16.4. The van der Waals surface area contributed by atoms with Gasteiger partial charge in [-0.1, -0.05) is 62.7 Å². The highest BCUT2D eigenvalue weighted by atomic mass is 35.5. The minimum Gasteiger partial charge on any atom is -0.465 e. The number of carboxylic acid groups (broad SMARTS) is 1. The van der Waals surface area contributed by atoms with Crippen LogP contribution in [0.15, 0.2) is 48.5 Å². The Balaban J connectivity index is 1.67. The van der Waals surface area contributed by atoms with Crippen molar-refractivity contribution < 1.29 is 14.3 Å². The minimum absolute atomic E-state index is 0.0357. The van der Waals surface area contributed by atoms with Crippen molar-refractivity contribution in [2.24, 2.45) is 0 Å². The molecule has 1 aliphatic heterocycles. The zero-order valence-corrected chi connectivity index (χ0v) is 24.6. The summed E-state index contributed by atoms with van der Waals surface area (Å²) in [6.45, 7) is 13.2. The van der Waals surface area contributed by atoms with Crippen molar-refractivity contribution in [1.29, 1.82) is 0 Å². The highest BCUT2D eigenvalue weighted by Gasteiger charge is 2.37. The largest absolute Gasteiger partial charge is 0.465 e. The Kier molecular flexibility index (Phi) is 8.49. The third kappa shape index (κ3) is 6.39. The molecule has 1 aliphatic rings. The van der Waals surface area contributed by atoms with Gasteiger partial charge in [-0.15, -0.1) is 10.2 Å². The van der Waals surface area contributed by atoms with Crippen LogP contribution in [0.25, 0.3) is 5.69 Å². The number of nitrogens with one attached hydrogen (secondary N) is 1. The fourth-order valence-corrected chi connectivity index (χ4v) is 5.67. The number of benzene rings is 2. The van der Waals surface area contributed by atoms with Gasteiger partial charge in [0.25, 0.3) is 0 Å². The van der Waals surface area contributed by atoms with E-state index in [0.29, 0.717) is 29.3 Å². The number of aromatic nitrogens is 3. The maximum Gasteiger partial charge on any atom is 0.405 e. The SMILES string of the molecule is CC(C)(C)[Si](C)(C)OCc1cc(Cl)ccc1-n1c(CNC(=O)O)nnc1N1CCC(c2ccccc2)CC1. The molecule has 1 fully saturated rings. The van der Waals surface area contributed by atoms with E-state index in [1.165, 1.54) is 5.56 Å². The van der Waals surface area contributed by atoms with Gasteiger partial charge in [-0.25, -0.2) is 4.79 Å². The average Bonchev–Trinajstić information content (AvgIpc) is 3.30. The smallest absolute Gasteiger partial charge is 0.405 e. The summed E-state index contributed by atoms with van der Waals surface area (Å²) in [4.78, 5) is 13.5. The number of amides is 1. The number of piperidine rings is 1. The second kappa shape index (κ2) is 11.5. The maximum atomic E-state index is 11.3. The van der Waals surface area contributed by atoms with Gasteiger partial charge in [-0.2, -0.15) is 0 Å². The molecule has 3 aromatic rings. The van der Waals surface area contributed by atoms with E-state index in [9.17, 15) is 9.90 Å². The Morgan fingerprint density at radius 3 is 2.45 bits per heavy atom. The molecular formula is C28H38ClN5O3Si. The normalized spacial score (nSPS) is 15.1. The molecule has 38 heavy (non-hydrogen) atoms. The summed E-state index contributed by atoms with van der Waals surface area (Å²) in [7, 11) is -2.03. The number of halogens is 1. The fraction of sp³-hybridized carbons (Fsp3) is 0.464. The molecule has 0 aliphatic carbocycles. The Labute approximate surface area is 231 Å². The van der Waals surface area contributed by atoms with Crippen molar-refractivity contribution >= 4 is 32.0 Å². The number of hydrogen-bond acceptors (Lipinski definition) is 5. The van der Waals surface area contributed by atoms with Crippen molar-refractivity contribution in [2.45, 2.75) is 70.8 Å². The fourth-order valence-electron chi connectivity index (χ4n) is 4.53. The zero-order valence-electron chi connectivity index (χ0n) is 22.9. The predicted octanol–water partition coefficient (Wildman–Crippen LogP) is 6.59. The minimum atomic E-state index is -2.03. The first-order valence-electron chi connectivity index (χ1n) is 13.1. The topological polar surface area (TPSA) is 92.5 Å². The van der Waals surface area contributed by atoms with E-state index in [2.05, 4.69) is 78.5 Å². The Morgan fingerprint density at radius 2 is 1.82 bits per heavy atom. The molecule has 1 amide bonds. The van der Waals surface area contributed by atoms with Gasteiger partial charge < -0.3 is 19.7 Å². The monoisotopic (exact) mass is 555 g/mol. The van der Waals surface area contributed by atoms with E-state index < -0.39 is 14.4 Å². The first-order chi connectivity index (χ1) is 18.0. The first kappa shape index (κ1) is 28.1. The van der Waals surface area contributed by atoms with Crippen LogP contribution in [0.3, 0.4) is 0 Å². The van der Waals surface area contributed by atoms with E-state index in [1.54, 1.807) is 0 Å². The molecule has 0 unspecified atom stereocenters. The quantitative estimate of drug-likeness (QED) is 0.304. The molecule has 0 atom stereocenters. The lowest BCUT2D eigenvalue weighted by atomic mass is 9.90. The summed E-state index contributed by atoms with van der Waals surface area (Å²) < 4.78 is 8.52. The summed E-state index contributed by atoms with van der Waals surface area (Å²) >= 11 is 6.44. The van der Waals surface area contributed by atoms with Crippen LogP contribution in [-0.4, -0.2) is 47.4 Å². The van der Waals surface area contributed by atoms with Crippen LogP contribution in [0.5, 0.6) is 0 Å². The third-order valence-corrected chi connectivity index (χ3v) is 12.6. The Bertz CT molecular complexity index is 1250. The Hall–Kier alpha value is -2.88. The van der Waals surface area contributed by atoms with Crippen LogP contribution in [0, 0.1) is 0 Å². The number of carbonyl (C=O) groups is 1. The average molecular weight is 556 g/mol. The highest BCUT2D eigenvalue weighted by Crippen LogP contribution is 2.38. The van der Waals surface area contributed by atoms with Crippen LogP contribution in [-0.2, 0) is 17.6 Å².